The van der Waals surface area contributed by atoms with Crippen molar-refractivity contribution in [3.8, 4) is 0 Å². The second-order valence-corrected chi connectivity index (χ2v) is 5.13. The fraction of sp³-hybridized carbons (Fsp3) is 0.125. The molecular formula is C16H16BrN. The molecule has 0 atom stereocenters. The van der Waals surface area contributed by atoms with Gasteiger partial charge < -0.3 is 5.32 Å². The monoisotopic (exact) mass is 301 g/mol. The second-order valence-electron chi connectivity index (χ2n) is 4.21. The Bertz CT molecular complexity index is 512. The number of aryl methyl sites for hydroxylation is 1. The summed E-state index contributed by atoms with van der Waals surface area (Å²) in [6, 6.07) is 16.6. The van der Waals surface area contributed by atoms with Gasteiger partial charge in [-0.2, -0.15) is 0 Å². The van der Waals surface area contributed by atoms with Gasteiger partial charge in [0.05, 0.1) is 0 Å². The maximum atomic E-state index is 3.50. The molecule has 18 heavy (non-hydrogen) atoms. The Labute approximate surface area is 117 Å². The molecule has 2 heteroatoms. The van der Waals surface area contributed by atoms with Gasteiger partial charge in [-0.1, -0.05) is 58.4 Å². The molecule has 2 aromatic rings. The van der Waals surface area contributed by atoms with Crippen molar-refractivity contribution in [1.82, 2.24) is 0 Å². The summed E-state index contributed by atoms with van der Waals surface area (Å²) in [5.74, 6) is 0. The van der Waals surface area contributed by atoms with Gasteiger partial charge in [-0.05, 0) is 36.2 Å². The molecule has 0 amide bonds. The van der Waals surface area contributed by atoms with Crippen LogP contribution in [0.25, 0.3) is 6.08 Å². The molecule has 0 saturated heterocycles. The Morgan fingerprint density at radius 1 is 1.11 bits per heavy atom. The van der Waals surface area contributed by atoms with Gasteiger partial charge in [-0.15, -0.1) is 0 Å². The predicted octanol–water partition coefficient (Wildman–Crippen LogP) is 4.88. The normalized spacial score (nSPS) is 10.8. The van der Waals surface area contributed by atoms with E-state index in [4.69, 9.17) is 0 Å². The van der Waals surface area contributed by atoms with Crippen molar-refractivity contribution in [2.24, 2.45) is 0 Å². The Hall–Kier alpha value is -1.54. The van der Waals surface area contributed by atoms with Gasteiger partial charge in [0.25, 0.3) is 0 Å². The number of anilines is 1. The zero-order valence-electron chi connectivity index (χ0n) is 10.4. The Morgan fingerprint density at radius 3 is 2.61 bits per heavy atom. The molecule has 0 unspecified atom stereocenters. The molecule has 0 radical (unpaired) electrons. The minimum absolute atomic E-state index is 0.824. The van der Waals surface area contributed by atoms with Crippen LogP contribution in [0.5, 0.6) is 0 Å². The Kier molecular flexibility index (Phi) is 4.59. The van der Waals surface area contributed by atoms with Crippen LogP contribution < -0.4 is 5.32 Å². The molecule has 0 aliphatic rings. The molecule has 0 aromatic heterocycles. The molecule has 0 saturated carbocycles. The van der Waals surface area contributed by atoms with E-state index in [0.717, 1.165) is 16.7 Å². The van der Waals surface area contributed by atoms with Crippen LogP contribution in [0.4, 0.5) is 5.69 Å². The van der Waals surface area contributed by atoms with Crippen molar-refractivity contribution in [3.63, 3.8) is 0 Å². The summed E-state index contributed by atoms with van der Waals surface area (Å²) in [5, 5.41) is 3.38. The minimum Gasteiger partial charge on any atom is -0.382 e. The van der Waals surface area contributed by atoms with Crippen LogP contribution in [0.2, 0.25) is 0 Å². The van der Waals surface area contributed by atoms with Crippen molar-refractivity contribution >= 4 is 27.7 Å². The molecule has 2 rings (SSSR count). The molecule has 0 fully saturated rings. The second kappa shape index (κ2) is 6.41. The summed E-state index contributed by atoms with van der Waals surface area (Å²) in [4.78, 5) is 0. The van der Waals surface area contributed by atoms with Crippen LogP contribution in [-0.4, -0.2) is 6.54 Å². The third kappa shape index (κ3) is 4.04. The Balaban J connectivity index is 1.90. The van der Waals surface area contributed by atoms with Gasteiger partial charge in [0, 0.05) is 16.7 Å². The Morgan fingerprint density at radius 2 is 1.89 bits per heavy atom. The smallest absolute Gasteiger partial charge is 0.0356 e. The number of nitrogens with one attached hydrogen (secondary N) is 1. The summed E-state index contributed by atoms with van der Waals surface area (Å²) in [6.07, 6.45) is 4.25. The third-order valence-electron chi connectivity index (χ3n) is 2.58. The summed E-state index contributed by atoms with van der Waals surface area (Å²) < 4.78 is 1.11. The van der Waals surface area contributed by atoms with Crippen molar-refractivity contribution in [3.05, 3.63) is 70.2 Å². The lowest BCUT2D eigenvalue weighted by Gasteiger charge is -2.05. The largest absolute Gasteiger partial charge is 0.382 e. The maximum Gasteiger partial charge on any atom is 0.0356 e. The van der Waals surface area contributed by atoms with Crippen LogP contribution in [0.3, 0.4) is 0 Å². The van der Waals surface area contributed by atoms with E-state index in [1.54, 1.807) is 0 Å². The zero-order valence-corrected chi connectivity index (χ0v) is 11.9. The average Bonchev–Trinajstić information content (AvgIpc) is 2.35. The first kappa shape index (κ1) is 12.9. The molecular weight excluding hydrogens is 286 g/mol. The highest BCUT2D eigenvalue weighted by Gasteiger charge is 1.94. The van der Waals surface area contributed by atoms with Crippen LogP contribution in [-0.2, 0) is 0 Å². The number of benzene rings is 2. The lowest BCUT2D eigenvalue weighted by Crippen LogP contribution is -1.98. The highest BCUT2D eigenvalue weighted by molar-refractivity contribution is 9.10. The predicted molar refractivity (Wildman–Crippen MR) is 82.8 cm³/mol. The molecule has 0 heterocycles. The van der Waals surface area contributed by atoms with Crippen molar-refractivity contribution < 1.29 is 0 Å². The molecule has 0 bridgehead atoms. The van der Waals surface area contributed by atoms with E-state index in [0.29, 0.717) is 0 Å². The zero-order chi connectivity index (χ0) is 12.8. The van der Waals surface area contributed by atoms with Crippen LogP contribution >= 0.6 is 15.9 Å². The fourth-order valence-corrected chi connectivity index (χ4v) is 2.38. The fourth-order valence-electron chi connectivity index (χ4n) is 1.77. The van der Waals surface area contributed by atoms with Gasteiger partial charge in [-0.25, -0.2) is 0 Å². The number of halogens is 1. The quantitative estimate of drug-likeness (QED) is 0.848. The van der Waals surface area contributed by atoms with E-state index in [9.17, 15) is 0 Å². The first-order chi connectivity index (χ1) is 8.74. The van der Waals surface area contributed by atoms with Gasteiger partial charge in [0.1, 0.15) is 0 Å². The summed E-state index contributed by atoms with van der Waals surface area (Å²) in [5.41, 5.74) is 3.61. The highest BCUT2D eigenvalue weighted by Crippen LogP contribution is 2.18. The van der Waals surface area contributed by atoms with Crippen LogP contribution in [0.1, 0.15) is 11.1 Å². The number of rotatable bonds is 4. The summed E-state index contributed by atoms with van der Waals surface area (Å²) >= 11 is 3.50. The molecule has 0 aliphatic heterocycles. The SMILES string of the molecule is Cc1cc(Br)cc(NC/C=C/c2ccccc2)c1. The van der Waals surface area contributed by atoms with E-state index >= 15 is 0 Å². The van der Waals surface area contributed by atoms with E-state index in [-0.39, 0.29) is 0 Å². The van der Waals surface area contributed by atoms with Gasteiger partial charge in [0.2, 0.25) is 0 Å². The average molecular weight is 302 g/mol. The molecule has 2 aromatic carbocycles. The van der Waals surface area contributed by atoms with Gasteiger partial charge >= 0.3 is 0 Å². The summed E-state index contributed by atoms with van der Waals surface area (Å²) in [7, 11) is 0. The van der Waals surface area contributed by atoms with Gasteiger partial charge in [-0.3, -0.25) is 0 Å². The van der Waals surface area contributed by atoms with Crippen molar-refractivity contribution in [2.45, 2.75) is 6.92 Å². The lowest BCUT2D eigenvalue weighted by molar-refractivity contribution is 1.32. The van der Waals surface area contributed by atoms with E-state index in [1.807, 2.05) is 18.2 Å². The molecule has 1 N–H and O–H groups in total. The molecule has 1 nitrogen and oxygen atoms in total. The lowest BCUT2D eigenvalue weighted by atomic mass is 10.2. The van der Waals surface area contributed by atoms with Gasteiger partial charge in [0.15, 0.2) is 0 Å². The molecule has 92 valence electrons. The van der Waals surface area contributed by atoms with E-state index in [2.05, 4.69) is 70.7 Å². The maximum absolute atomic E-state index is 3.50. The summed E-state index contributed by atoms with van der Waals surface area (Å²) in [6.45, 7) is 2.92. The minimum atomic E-state index is 0.824. The third-order valence-corrected chi connectivity index (χ3v) is 3.03. The number of hydrogen-bond acceptors (Lipinski definition) is 1. The van der Waals surface area contributed by atoms with E-state index < -0.39 is 0 Å². The first-order valence-electron chi connectivity index (χ1n) is 5.97. The van der Waals surface area contributed by atoms with Crippen LogP contribution in [0.15, 0.2) is 59.1 Å². The van der Waals surface area contributed by atoms with E-state index in [1.165, 1.54) is 11.1 Å². The molecule has 0 aliphatic carbocycles. The number of hydrogen-bond donors (Lipinski definition) is 1. The molecule has 0 spiro atoms. The first-order valence-corrected chi connectivity index (χ1v) is 6.76. The highest BCUT2D eigenvalue weighted by atomic mass is 79.9. The van der Waals surface area contributed by atoms with Crippen LogP contribution in [0, 0.1) is 6.92 Å². The topological polar surface area (TPSA) is 12.0 Å². The van der Waals surface area contributed by atoms with Crippen molar-refractivity contribution in [1.29, 1.82) is 0 Å². The standard InChI is InChI=1S/C16H16BrN/c1-13-10-15(17)12-16(11-13)18-9-5-8-14-6-3-2-4-7-14/h2-8,10-12,18H,9H2,1H3/b8-5+. The van der Waals surface area contributed by atoms with Crippen molar-refractivity contribution in [2.75, 3.05) is 11.9 Å².